The van der Waals surface area contributed by atoms with E-state index in [0.29, 0.717) is 0 Å². The molecule has 2 rings (SSSR count). The number of aryl methyl sites for hydroxylation is 1. The third-order valence-corrected chi connectivity index (χ3v) is 2.61. The standard InChI is InChI=1S/C11H14N2O.ClH/c1-8(14)13-6-2-3-9-4-5-10(12)7-11(9)13;/h4-5,7H,2-3,6,12H2,1H3;1H. The Balaban J connectivity index is 0.00000112. The zero-order valence-corrected chi connectivity index (χ0v) is 9.51. The first-order valence-electron chi connectivity index (χ1n) is 4.85. The van der Waals surface area contributed by atoms with Gasteiger partial charge in [0.25, 0.3) is 0 Å². The van der Waals surface area contributed by atoms with Gasteiger partial charge in [0.05, 0.1) is 0 Å². The molecule has 0 spiro atoms. The number of fused-ring (bicyclic) bond motifs is 1. The summed E-state index contributed by atoms with van der Waals surface area (Å²) in [5.41, 5.74) is 8.64. The van der Waals surface area contributed by atoms with Gasteiger partial charge in [0.1, 0.15) is 0 Å². The summed E-state index contributed by atoms with van der Waals surface area (Å²) >= 11 is 0. The number of nitrogens with two attached hydrogens (primary N) is 1. The van der Waals surface area contributed by atoms with E-state index in [2.05, 4.69) is 0 Å². The first-order valence-corrected chi connectivity index (χ1v) is 4.85. The number of nitrogen functional groups attached to an aromatic ring is 1. The van der Waals surface area contributed by atoms with Gasteiger partial charge in [-0.3, -0.25) is 4.79 Å². The molecule has 0 fully saturated rings. The van der Waals surface area contributed by atoms with Crippen molar-refractivity contribution < 1.29 is 4.79 Å². The van der Waals surface area contributed by atoms with Gasteiger partial charge in [-0.1, -0.05) is 6.07 Å². The number of rotatable bonds is 0. The first kappa shape index (κ1) is 11.9. The maximum absolute atomic E-state index is 11.4. The summed E-state index contributed by atoms with van der Waals surface area (Å²) in [6, 6.07) is 5.79. The topological polar surface area (TPSA) is 46.3 Å². The molecule has 3 nitrogen and oxygen atoms in total. The number of halogens is 1. The zero-order chi connectivity index (χ0) is 10.1. The van der Waals surface area contributed by atoms with Crippen molar-refractivity contribution in [2.45, 2.75) is 19.8 Å². The summed E-state index contributed by atoms with van der Waals surface area (Å²) in [6.45, 7) is 2.41. The highest BCUT2D eigenvalue weighted by Gasteiger charge is 2.19. The molecule has 2 N–H and O–H groups in total. The summed E-state index contributed by atoms with van der Waals surface area (Å²) in [4.78, 5) is 13.2. The predicted molar refractivity (Wildman–Crippen MR) is 64.5 cm³/mol. The van der Waals surface area contributed by atoms with Crippen LogP contribution in [-0.4, -0.2) is 12.5 Å². The lowest BCUT2D eigenvalue weighted by molar-refractivity contribution is -0.116. The Morgan fingerprint density at radius 3 is 2.87 bits per heavy atom. The molecular weight excluding hydrogens is 212 g/mol. The van der Waals surface area contributed by atoms with E-state index in [-0.39, 0.29) is 18.3 Å². The lowest BCUT2D eigenvalue weighted by atomic mass is 10.0. The predicted octanol–water partition coefficient (Wildman–Crippen LogP) is 1.99. The van der Waals surface area contributed by atoms with E-state index in [0.717, 1.165) is 30.8 Å². The summed E-state index contributed by atoms with van der Waals surface area (Å²) < 4.78 is 0. The van der Waals surface area contributed by atoms with Gasteiger partial charge in [-0.25, -0.2) is 0 Å². The quantitative estimate of drug-likeness (QED) is 0.688. The normalized spacial score (nSPS) is 14.1. The second-order valence-corrected chi connectivity index (χ2v) is 3.66. The third-order valence-electron chi connectivity index (χ3n) is 2.61. The largest absolute Gasteiger partial charge is 0.399 e. The van der Waals surface area contributed by atoms with Crippen LogP contribution in [0.15, 0.2) is 18.2 Å². The van der Waals surface area contributed by atoms with E-state index in [9.17, 15) is 4.79 Å². The van der Waals surface area contributed by atoms with Gasteiger partial charge in [-0.05, 0) is 30.5 Å². The minimum absolute atomic E-state index is 0. The fraction of sp³-hybridized carbons (Fsp3) is 0.364. The fourth-order valence-electron chi connectivity index (χ4n) is 1.92. The maximum atomic E-state index is 11.4. The molecule has 15 heavy (non-hydrogen) atoms. The fourth-order valence-corrected chi connectivity index (χ4v) is 1.92. The van der Waals surface area contributed by atoms with Crippen molar-refractivity contribution >= 4 is 29.7 Å². The molecule has 4 heteroatoms. The van der Waals surface area contributed by atoms with Gasteiger partial charge in [0, 0.05) is 24.8 Å². The van der Waals surface area contributed by atoms with Crippen molar-refractivity contribution in [1.29, 1.82) is 0 Å². The molecular formula is C11H15ClN2O. The van der Waals surface area contributed by atoms with E-state index >= 15 is 0 Å². The molecule has 0 saturated carbocycles. The Morgan fingerprint density at radius 1 is 1.47 bits per heavy atom. The number of hydrogen-bond donors (Lipinski definition) is 1. The minimum atomic E-state index is 0. The minimum Gasteiger partial charge on any atom is -0.399 e. The zero-order valence-electron chi connectivity index (χ0n) is 8.69. The van der Waals surface area contributed by atoms with Crippen LogP contribution in [0.3, 0.4) is 0 Å². The van der Waals surface area contributed by atoms with E-state index in [1.165, 1.54) is 5.56 Å². The third kappa shape index (κ3) is 2.23. The Hall–Kier alpha value is -1.22. The molecule has 0 aromatic heterocycles. The highest BCUT2D eigenvalue weighted by atomic mass is 35.5. The Labute approximate surface area is 95.7 Å². The van der Waals surface area contributed by atoms with Crippen molar-refractivity contribution in [2.24, 2.45) is 0 Å². The summed E-state index contributed by atoms with van der Waals surface area (Å²) in [6.07, 6.45) is 2.08. The highest BCUT2D eigenvalue weighted by molar-refractivity contribution is 5.93. The number of benzene rings is 1. The highest BCUT2D eigenvalue weighted by Crippen LogP contribution is 2.28. The molecule has 1 aliphatic rings. The molecule has 1 aliphatic heterocycles. The number of carbonyl (C=O) groups is 1. The molecule has 1 aromatic carbocycles. The molecule has 82 valence electrons. The molecule has 1 aromatic rings. The molecule has 0 bridgehead atoms. The van der Waals surface area contributed by atoms with Gasteiger partial charge in [-0.2, -0.15) is 0 Å². The molecule has 0 saturated heterocycles. The van der Waals surface area contributed by atoms with Crippen LogP contribution in [-0.2, 0) is 11.2 Å². The van der Waals surface area contributed by atoms with Crippen molar-refractivity contribution in [3.63, 3.8) is 0 Å². The molecule has 0 unspecified atom stereocenters. The van der Waals surface area contributed by atoms with E-state index < -0.39 is 0 Å². The van der Waals surface area contributed by atoms with Crippen LogP contribution in [0.25, 0.3) is 0 Å². The monoisotopic (exact) mass is 226 g/mol. The Morgan fingerprint density at radius 2 is 2.20 bits per heavy atom. The van der Waals surface area contributed by atoms with Crippen LogP contribution in [0, 0.1) is 0 Å². The number of amides is 1. The first-order chi connectivity index (χ1) is 6.68. The van der Waals surface area contributed by atoms with Gasteiger partial charge in [0.2, 0.25) is 5.91 Å². The van der Waals surface area contributed by atoms with Crippen LogP contribution in [0.5, 0.6) is 0 Å². The van der Waals surface area contributed by atoms with Crippen LogP contribution in [0.4, 0.5) is 11.4 Å². The van der Waals surface area contributed by atoms with Gasteiger partial charge in [-0.15, -0.1) is 12.4 Å². The molecule has 0 atom stereocenters. The van der Waals surface area contributed by atoms with Crippen LogP contribution >= 0.6 is 12.4 Å². The van der Waals surface area contributed by atoms with E-state index in [4.69, 9.17) is 5.73 Å². The second kappa shape index (κ2) is 4.53. The summed E-state index contributed by atoms with van der Waals surface area (Å²) in [7, 11) is 0. The van der Waals surface area contributed by atoms with Crippen LogP contribution in [0.2, 0.25) is 0 Å². The molecule has 0 radical (unpaired) electrons. The van der Waals surface area contributed by atoms with Crippen molar-refractivity contribution in [3.05, 3.63) is 23.8 Å². The van der Waals surface area contributed by atoms with Crippen LogP contribution in [0.1, 0.15) is 18.9 Å². The van der Waals surface area contributed by atoms with Crippen LogP contribution < -0.4 is 10.6 Å². The number of hydrogen-bond acceptors (Lipinski definition) is 2. The van der Waals surface area contributed by atoms with Crippen molar-refractivity contribution in [3.8, 4) is 0 Å². The van der Waals surface area contributed by atoms with E-state index in [1.54, 1.807) is 11.8 Å². The number of carbonyl (C=O) groups excluding carboxylic acids is 1. The number of anilines is 2. The van der Waals surface area contributed by atoms with Crippen molar-refractivity contribution in [2.75, 3.05) is 17.2 Å². The lowest BCUT2D eigenvalue weighted by Gasteiger charge is -2.28. The maximum Gasteiger partial charge on any atom is 0.223 e. The number of nitrogens with zero attached hydrogens (tertiary/aromatic N) is 1. The average molecular weight is 227 g/mol. The Bertz CT molecular complexity index is 379. The molecule has 1 amide bonds. The SMILES string of the molecule is CC(=O)N1CCCc2ccc(N)cc21.Cl. The summed E-state index contributed by atoms with van der Waals surface area (Å²) in [5, 5.41) is 0. The smallest absolute Gasteiger partial charge is 0.223 e. The van der Waals surface area contributed by atoms with E-state index in [1.807, 2.05) is 18.2 Å². The van der Waals surface area contributed by atoms with Gasteiger partial charge in [0.15, 0.2) is 0 Å². The lowest BCUT2D eigenvalue weighted by Crippen LogP contribution is -2.33. The second-order valence-electron chi connectivity index (χ2n) is 3.66. The summed E-state index contributed by atoms with van der Waals surface area (Å²) in [5.74, 6) is 0.0940. The van der Waals surface area contributed by atoms with Gasteiger partial charge < -0.3 is 10.6 Å². The van der Waals surface area contributed by atoms with Crippen molar-refractivity contribution in [1.82, 2.24) is 0 Å². The Kier molecular flexibility index (Phi) is 3.58. The molecule has 1 heterocycles. The molecule has 0 aliphatic carbocycles. The van der Waals surface area contributed by atoms with Gasteiger partial charge >= 0.3 is 0 Å². The average Bonchev–Trinajstić information content (AvgIpc) is 2.16.